The van der Waals surface area contributed by atoms with Gasteiger partial charge in [-0.1, -0.05) is 36.8 Å². The van der Waals surface area contributed by atoms with Gasteiger partial charge < -0.3 is 20.2 Å². The zero-order valence-corrected chi connectivity index (χ0v) is 19.2. The first-order chi connectivity index (χ1) is 16.6. The predicted octanol–water partition coefficient (Wildman–Crippen LogP) is 3.84. The van der Waals surface area contributed by atoms with E-state index < -0.39 is 6.04 Å². The zero-order chi connectivity index (χ0) is 23.5. The Kier molecular flexibility index (Phi) is 6.12. The van der Waals surface area contributed by atoms with Crippen LogP contribution in [0.5, 0.6) is 0 Å². The number of benzene rings is 2. The fourth-order valence-corrected chi connectivity index (χ4v) is 4.64. The van der Waals surface area contributed by atoms with Gasteiger partial charge in [-0.15, -0.1) is 10.2 Å². The van der Waals surface area contributed by atoms with Crippen molar-refractivity contribution >= 4 is 28.4 Å². The van der Waals surface area contributed by atoms with Crippen molar-refractivity contribution in [3.8, 4) is 11.4 Å². The van der Waals surface area contributed by atoms with Crippen LogP contribution in [0.1, 0.15) is 37.6 Å². The molecule has 0 unspecified atom stereocenters. The molecule has 1 aliphatic heterocycles. The van der Waals surface area contributed by atoms with Gasteiger partial charge in [-0.3, -0.25) is 9.59 Å². The molecule has 2 amide bonds. The minimum absolute atomic E-state index is 0.250. The molecule has 0 aliphatic carbocycles. The van der Waals surface area contributed by atoms with Crippen LogP contribution >= 0.6 is 0 Å². The summed E-state index contributed by atoms with van der Waals surface area (Å²) in [7, 11) is 0. The number of nitrogens with zero attached hydrogens (tertiary/aromatic N) is 3. The Labute approximate surface area is 197 Å². The van der Waals surface area contributed by atoms with E-state index in [4.69, 9.17) is 0 Å². The summed E-state index contributed by atoms with van der Waals surface area (Å²) in [5.41, 5.74) is 3.54. The molecular formula is C26H28N6O2. The SMILES string of the molecule is CC(=O)N[C@H](Cc1c[nH]c2ccccc12)C(=O)Nc1cccc(-c2nnc3n2CCCCC3)c1. The van der Waals surface area contributed by atoms with E-state index in [0.29, 0.717) is 12.1 Å². The summed E-state index contributed by atoms with van der Waals surface area (Å²) in [6.07, 6.45) is 6.66. The van der Waals surface area contributed by atoms with E-state index in [1.54, 1.807) is 0 Å². The van der Waals surface area contributed by atoms with E-state index in [2.05, 4.69) is 30.4 Å². The fraction of sp³-hybridized carbons (Fsp3) is 0.308. The lowest BCUT2D eigenvalue weighted by Gasteiger charge is -2.18. The normalized spacial score (nSPS) is 14.3. The third kappa shape index (κ3) is 4.57. The van der Waals surface area contributed by atoms with Crippen LogP contribution in [0.15, 0.2) is 54.7 Å². The molecule has 3 heterocycles. The third-order valence-electron chi connectivity index (χ3n) is 6.29. The smallest absolute Gasteiger partial charge is 0.247 e. The van der Waals surface area contributed by atoms with Crippen molar-refractivity contribution in [3.63, 3.8) is 0 Å². The minimum Gasteiger partial charge on any atom is -0.361 e. The summed E-state index contributed by atoms with van der Waals surface area (Å²) < 4.78 is 2.19. The molecule has 8 nitrogen and oxygen atoms in total. The molecule has 34 heavy (non-hydrogen) atoms. The van der Waals surface area contributed by atoms with Gasteiger partial charge in [-0.2, -0.15) is 0 Å². The molecule has 0 fully saturated rings. The highest BCUT2D eigenvalue weighted by Gasteiger charge is 2.22. The van der Waals surface area contributed by atoms with Crippen molar-refractivity contribution in [2.75, 3.05) is 5.32 Å². The van der Waals surface area contributed by atoms with E-state index in [-0.39, 0.29) is 11.8 Å². The van der Waals surface area contributed by atoms with Gasteiger partial charge in [0.15, 0.2) is 5.82 Å². The third-order valence-corrected chi connectivity index (χ3v) is 6.29. The number of amides is 2. The lowest BCUT2D eigenvalue weighted by atomic mass is 10.0. The molecule has 2 aromatic carbocycles. The number of nitrogens with one attached hydrogen (secondary N) is 3. The van der Waals surface area contributed by atoms with Crippen molar-refractivity contribution in [2.45, 2.75) is 51.6 Å². The van der Waals surface area contributed by atoms with Crippen LogP contribution < -0.4 is 10.6 Å². The number of hydrogen-bond acceptors (Lipinski definition) is 4. The number of anilines is 1. The van der Waals surface area contributed by atoms with Crippen molar-refractivity contribution in [1.29, 1.82) is 0 Å². The average molecular weight is 457 g/mol. The summed E-state index contributed by atoms with van der Waals surface area (Å²) in [4.78, 5) is 28.3. The molecule has 3 N–H and O–H groups in total. The fourth-order valence-electron chi connectivity index (χ4n) is 4.64. The van der Waals surface area contributed by atoms with Gasteiger partial charge in [0.25, 0.3) is 0 Å². The number of hydrogen-bond donors (Lipinski definition) is 3. The van der Waals surface area contributed by atoms with Crippen molar-refractivity contribution in [1.82, 2.24) is 25.1 Å². The van der Waals surface area contributed by atoms with Crippen LogP contribution in [0.2, 0.25) is 0 Å². The van der Waals surface area contributed by atoms with E-state index in [0.717, 1.165) is 59.5 Å². The highest BCUT2D eigenvalue weighted by Crippen LogP contribution is 2.25. The van der Waals surface area contributed by atoms with Gasteiger partial charge in [0, 0.05) is 54.7 Å². The standard InChI is InChI=1S/C26H28N6O2/c1-17(33)28-23(15-19-16-27-22-11-5-4-10-21(19)22)26(34)29-20-9-7-8-18(14-20)25-31-30-24-12-3-2-6-13-32(24)25/h4-5,7-11,14,16,23,27H,2-3,6,12-13,15H2,1H3,(H,28,33)(H,29,34)/t23-/m1/s1. The molecule has 1 atom stereocenters. The number of carbonyl (C=O) groups excluding carboxylic acids is 2. The summed E-state index contributed by atoms with van der Waals surface area (Å²) >= 11 is 0. The van der Waals surface area contributed by atoms with Crippen LogP contribution in [0.4, 0.5) is 5.69 Å². The van der Waals surface area contributed by atoms with Gasteiger partial charge >= 0.3 is 0 Å². The highest BCUT2D eigenvalue weighted by molar-refractivity contribution is 5.98. The molecule has 0 saturated carbocycles. The largest absolute Gasteiger partial charge is 0.361 e. The van der Waals surface area contributed by atoms with Gasteiger partial charge in [0.2, 0.25) is 11.8 Å². The first-order valence-corrected chi connectivity index (χ1v) is 11.7. The number of H-pyrrole nitrogens is 1. The van der Waals surface area contributed by atoms with Crippen LogP contribution in [0, 0.1) is 0 Å². The molecule has 0 spiro atoms. The molecule has 0 bridgehead atoms. The predicted molar refractivity (Wildman–Crippen MR) is 131 cm³/mol. The maximum absolute atomic E-state index is 13.2. The first kappa shape index (κ1) is 21.9. The number of aromatic amines is 1. The van der Waals surface area contributed by atoms with Crippen LogP contribution in [-0.2, 0) is 29.0 Å². The lowest BCUT2D eigenvalue weighted by Crippen LogP contribution is -2.44. The van der Waals surface area contributed by atoms with Crippen LogP contribution in [0.25, 0.3) is 22.3 Å². The number of para-hydroxylation sites is 1. The second kappa shape index (κ2) is 9.51. The topological polar surface area (TPSA) is 105 Å². The molecule has 8 heteroatoms. The zero-order valence-electron chi connectivity index (χ0n) is 19.2. The molecule has 2 aromatic heterocycles. The minimum atomic E-state index is -0.704. The maximum Gasteiger partial charge on any atom is 0.247 e. The summed E-state index contributed by atoms with van der Waals surface area (Å²) in [6, 6.07) is 14.9. The second-order valence-electron chi connectivity index (χ2n) is 8.79. The second-order valence-corrected chi connectivity index (χ2v) is 8.79. The lowest BCUT2D eigenvalue weighted by molar-refractivity contribution is -0.125. The van der Waals surface area contributed by atoms with Gasteiger partial charge in [0.05, 0.1) is 0 Å². The molecule has 0 saturated heterocycles. The number of rotatable bonds is 6. The highest BCUT2D eigenvalue weighted by atomic mass is 16.2. The molecule has 0 radical (unpaired) electrons. The van der Waals surface area contributed by atoms with E-state index in [1.165, 1.54) is 13.3 Å². The van der Waals surface area contributed by atoms with Crippen molar-refractivity contribution < 1.29 is 9.59 Å². The Morgan fingerprint density at radius 1 is 1.09 bits per heavy atom. The number of fused-ring (bicyclic) bond motifs is 2. The maximum atomic E-state index is 13.2. The molecular weight excluding hydrogens is 428 g/mol. The van der Waals surface area contributed by atoms with Gasteiger partial charge in [-0.05, 0) is 36.6 Å². The van der Waals surface area contributed by atoms with E-state index >= 15 is 0 Å². The van der Waals surface area contributed by atoms with Gasteiger partial charge in [-0.25, -0.2) is 0 Å². The van der Waals surface area contributed by atoms with E-state index in [1.807, 2.05) is 54.7 Å². The Hall–Kier alpha value is -3.94. The number of aromatic nitrogens is 4. The summed E-state index contributed by atoms with van der Waals surface area (Å²) in [6.45, 7) is 2.33. The van der Waals surface area contributed by atoms with Gasteiger partial charge in [0.1, 0.15) is 11.9 Å². The Morgan fingerprint density at radius 2 is 1.97 bits per heavy atom. The number of aryl methyl sites for hydroxylation is 1. The average Bonchev–Trinajstić information content (AvgIpc) is 3.35. The van der Waals surface area contributed by atoms with Crippen molar-refractivity contribution in [2.24, 2.45) is 0 Å². The summed E-state index contributed by atoms with van der Waals surface area (Å²) in [5.74, 6) is 1.33. The van der Waals surface area contributed by atoms with Crippen molar-refractivity contribution in [3.05, 3.63) is 66.1 Å². The number of carbonyl (C=O) groups is 2. The molecule has 5 rings (SSSR count). The monoisotopic (exact) mass is 456 g/mol. The van der Waals surface area contributed by atoms with Crippen LogP contribution in [0.3, 0.4) is 0 Å². The summed E-state index contributed by atoms with van der Waals surface area (Å²) in [5, 5.41) is 15.6. The Morgan fingerprint density at radius 3 is 2.85 bits per heavy atom. The molecule has 1 aliphatic rings. The molecule has 174 valence electrons. The first-order valence-electron chi connectivity index (χ1n) is 11.7. The van der Waals surface area contributed by atoms with Crippen LogP contribution in [-0.4, -0.2) is 37.6 Å². The Bertz CT molecular complexity index is 1340. The van der Waals surface area contributed by atoms with E-state index in [9.17, 15) is 9.59 Å². The molecule has 4 aromatic rings. The Balaban J connectivity index is 1.37. The quantitative estimate of drug-likeness (QED) is 0.410.